The van der Waals surface area contributed by atoms with Crippen LogP contribution in [0.1, 0.15) is 53.8 Å². The number of hydrogen-bond acceptors (Lipinski definition) is 2. The van der Waals surface area contributed by atoms with Crippen LogP contribution in [0.4, 0.5) is 0 Å². The van der Waals surface area contributed by atoms with Crippen LogP contribution in [0, 0.1) is 19.8 Å². The van der Waals surface area contributed by atoms with E-state index < -0.39 is 0 Å². The van der Waals surface area contributed by atoms with E-state index in [4.69, 9.17) is 0 Å². The second-order valence-electron chi connectivity index (χ2n) is 6.94. The van der Waals surface area contributed by atoms with Gasteiger partial charge in [0.25, 0.3) is 5.91 Å². The van der Waals surface area contributed by atoms with E-state index in [1.165, 1.54) is 12.8 Å². The van der Waals surface area contributed by atoms with Gasteiger partial charge in [0.1, 0.15) is 0 Å². The molecule has 126 valence electrons. The second kappa shape index (κ2) is 6.77. The predicted molar refractivity (Wildman–Crippen MR) is 89.3 cm³/mol. The molecule has 1 aromatic rings. The fourth-order valence-electron chi connectivity index (χ4n) is 3.89. The fourth-order valence-corrected chi connectivity index (χ4v) is 3.89. The van der Waals surface area contributed by atoms with Crippen molar-refractivity contribution in [3.05, 3.63) is 23.0 Å². The van der Waals surface area contributed by atoms with Gasteiger partial charge >= 0.3 is 0 Å². The van der Waals surface area contributed by atoms with Gasteiger partial charge in [0.05, 0.1) is 5.56 Å². The van der Waals surface area contributed by atoms with Gasteiger partial charge in [-0.05, 0) is 39.2 Å². The third-order valence-corrected chi connectivity index (χ3v) is 5.18. The Morgan fingerprint density at radius 1 is 1.00 bits per heavy atom. The Balaban J connectivity index is 1.63. The smallest absolute Gasteiger partial charge is 0.255 e. The molecule has 0 bridgehead atoms. The molecule has 2 heterocycles. The van der Waals surface area contributed by atoms with E-state index in [0.29, 0.717) is 19.0 Å². The Morgan fingerprint density at radius 2 is 1.65 bits per heavy atom. The highest BCUT2D eigenvalue weighted by atomic mass is 16.2. The van der Waals surface area contributed by atoms with Crippen molar-refractivity contribution in [2.24, 2.45) is 5.92 Å². The number of amides is 2. The molecule has 5 nitrogen and oxygen atoms in total. The number of carbonyl (C=O) groups excluding carboxylic acids is 2. The Kier molecular flexibility index (Phi) is 4.74. The van der Waals surface area contributed by atoms with Gasteiger partial charge in [0.2, 0.25) is 5.91 Å². The normalized spacial score (nSPS) is 19.9. The number of hydrogen-bond donors (Lipinski definition) is 1. The zero-order valence-electron chi connectivity index (χ0n) is 14.2. The lowest BCUT2D eigenvalue weighted by atomic mass is 10.1. The third kappa shape index (κ3) is 3.43. The average molecular weight is 317 g/mol. The van der Waals surface area contributed by atoms with Crippen molar-refractivity contribution >= 4 is 11.8 Å². The van der Waals surface area contributed by atoms with E-state index in [0.717, 1.165) is 49.3 Å². The van der Waals surface area contributed by atoms with Gasteiger partial charge in [-0.15, -0.1) is 0 Å². The van der Waals surface area contributed by atoms with Gasteiger partial charge in [-0.2, -0.15) is 0 Å². The molecule has 1 aliphatic heterocycles. The number of rotatable bonds is 2. The molecular formula is C18H27N3O2. The quantitative estimate of drug-likeness (QED) is 0.911. The highest BCUT2D eigenvalue weighted by Crippen LogP contribution is 2.27. The van der Waals surface area contributed by atoms with E-state index in [1.54, 1.807) is 0 Å². The summed E-state index contributed by atoms with van der Waals surface area (Å²) >= 11 is 0. The molecule has 0 atom stereocenters. The SMILES string of the molecule is Cc1cc(C(=O)N2CCCN(C(=O)C3CCCC3)CC2)c(C)[nH]1. The summed E-state index contributed by atoms with van der Waals surface area (Å²) in [4.78, 5) is 32.4. The summed E-state index contributed by atoms with van der Waals surface area (Å²) in [6.07, 6.45) is 5.31. The fraction of sp³-hybridized carbons (Fsp3) is 0.667. The molecule has 0 radical (unpaired) electrons. The average Bonchev–Trinajstić information content (AvgIpc) is 3.09. The van der Waals surface area contributed by atoms with Crippen LogP contribution in [-0.4, -0.2) is 52.8 Å². The van der Waals surface area contributed by atoms with E-state index in [1.807, 2.05) is 29.7 Å². The summed E-state index contributed by atoms with van der Waals surface area (Å²) in [5, 5.41) is 0. The second-order valence-corrected chi connectivity index (χ2v) is 6.94. The first-order chi connectivity index (χ1) is 11.1. The van der Waals surface area contributed by atoms with Crippen molar-refractivity contribution in [1.29, 1.82) is 0 Å². The zero-order valence-corrected chi connectivity index (χ0v) is 14.2. The molecule has 1 aromatic heterocycles. The van der Waals surface area contributed by atoms with Gasteiger partial charge in [-0.25, -0.2) is 0 Å². The number of carbonyl (C=O) groups is 2. The van der Waals surface area contributed by atoms with Crippen LogP contribution in [0.2, 0.25) is 0 Å². The van der Waals surface area contributed by atoms with E-state index in [2.05, 4.69) is 4.98 Å². The van der Waals surface area contributed by atoms with Crippen LogP contribution in [0.15, 0.2) is 6.07 Å². The molecule has 0 unspecified atom stereocenters. The topological polar surface area (TPSA) is 56.4 Å². The first kappa shape index (κ1) is 16.1. The summed E-state index contributed by atoms with van der Waals surface area (Å²) in [5.41, 5.74) is 2.70. The Morgan fingerprint density at radius 3 is 2.30 bits per heavy atom. The Bertz CT molecular complexity index is 587. The molecule has 1 N–H and O–H groups in total. The number of nitrogens with one attached hydrogen (secondary N) is 1. The predicted octanol–water partition coefficient (Wildman–Crippen LogP) is 2.50. The highest BCUT2D eigenvalue weighted by molar-refractivity contribution is 5.95. The lowest BCUT2D eigenvalue weighted by Gasteiger charge is -2.24. The number of aromatic nitrogens is 1. The first-order valence-corrected chi connectivity index (χ1v) is 8.80. The van der Waals surface area contributed by atoms with Gasteiger partial charge in [0, 0.05) is 43.5 Å². The summed E-state index contributed by atoms with van der Waals surface area (Å²) in [6.45, 7) is 6.73. The number of H-pyrrole nitrogens is 1. The Hall–Kier alpha value is -1.78. The van der Waals surface area contributed by atoms with Crippen LogP contribution in [0.3, 0.4) is 0 Å². The monoisotopic (exact) mass is 317 g/mol. The number of aryl methyl sites for hydroxylation is 2. The largest absolute Gasteiger partial charge is 0.362 e. The molecule has 23 heavy (non-hydrogen) atoms. The van der Waals surface area contributed by atoms with E-state index >= 15 is 0 Å². The molecular weight excluding hydrogens is 290 g/mol. The summed E-state index contributed by atoms with van der Waals surface area (Å²) < 4.78 is 0. The van der Waals surface area contributed by atoms with Crippen LogP contribution < -0.4 is 0 Å². The maximum Gasteiger partial charge on any atom is 0.255 e. The highest BCUT2D eigenvalue weighted by Gasteiger charge is 2.29. The lowest BCUT2D eigenvalue weighted by molar-refractivity contribution is -0.135. The standard InChI is InChI=1S/C18H27N3O2/c1-13-12-16(14(2)19-13)18(23)21-9-5-8-20(10-11-21)17(22)15-6-3-4-7-15/h12,15,19H,3-11H2,1-2H3. The number of aromatic amines is 1. The molecule has 0 aromatic carbocycles. The minimum Gasteiger partial charge on any atom is -0.362 e. The maximum atomic E-state index is 12.7. The summed E-state index contributed by atoms with van der Waals surface area (Å²) in [6, 6.07) is 1.92. The minimum atomic E-state index is 0.0852. The van der Waals surface area contributed by atoms with Gasteiger partial charge in [0.15, 0.2) is 0 Å². The number of nitrogens with zero attached hydrogens (tertiary/aromatic N) is 2. The molecule has 2 fully saturated rings. The van der Waals surface area contributed by atoms with Gasteiger partial charge < -0.3 is 14.8 Å². The molecule has 3 rings (SSSR count). The van der Waals surface area contributed by atoms with Crippen LogP contribution in [0.25, 0.3) is 0 Å². The van der Waals surface area contributed by atoms with Crippen molar-refractivity contribution < 1.29 is 9.59 Å². The lowest BCUT2D eigenvalue weighted by Crippen LogP contribution is -2.39. The van der Waals surface area contributed by atoms with Gasteiger partial charge in [-0.1, -0.05) is 12.8 Å². The van der Waals surface area contributed by atoms with Crippen LogP contribution in [0.5, 0.6) is 0 Å². The summed E-state index contributed by atoms with van der Waals surface area (Å²) in [7, 11) is 0. The molecule has 1 saturated heterocycles. The van der Waals surface area contributed by atoms with Gasteiger partial charge in [-0.3, -0.25) is 9.59 Å². The van der Waals surface area contributed by atoms with Crippen molar-refractivity contribution in [1.82, 2.24) is 14.8 Å². The maximum absolute atomic E-state index is 12.7. The molecule has 1 saturated carbocycles. The van der Waals surface area contributed by atoms with Crippen LogP contribution >= 0.6 is 0 Å². The molecule has 2 aliphatic rings. The van der Waals surface area contributed by atoms with Crippen molar-refractivity contribution in [3.8, 4) is 0 Å². The zero-order chi connectivity index (χ0) is 16.4. The van der Waals surface area contributed by atoms with E-state index in [9.17, 15) is 9.59 Å². The molecule has 0 spiro atoms. The van der Waals surface area contributed by atoms with E-state index in [-0.39, 0.29) is 11.8 Å². The Labute approximate surface area is 138 Å². The van der Waals surface area contributed by atoms with Crippen molar-refractivity contribution in [3.63, 3.8) is 0 Å². The van der Waals surface area contributed by atoms with Crippen molar-refractivity contribution in [2.45, 2.75) is 46.0 Å². The van der Waals surface area contributed by atoms with Crippen LogP contribution in [-0.2, 0) is 4.79 Å². The third-order valence-electron chi connectivity index (χ3n) is 5.18. The molecule has 5 heteroatoms. The summed E-state index contributed by atoms with van der Waals surface area (Å²) in [5.74, 6) is 0.624. The van der Waals surface area contributed by atoms with Crippen molar-refractivity contribution in [2.75, 3.05) is 26.2 Å². The first-order valence-electron chi connectivity index (χ1n) is 8.80. The molecule has 2 amide bonds. The minimum absolute atomic E-state index is 0.0852. The molecule has 1 aliphatic carbocycles.